The van der Waals surface area contributed by atoms with Gasteiger partial charge in [0.15, 0.2) is 6.61 Å². The highest BCUT2D eigenvalue weighted by Gasteiger charge is 2.26. The van der Waals surface area contributed by atoms with E-state index in [0.29, 0.717) is 24.7 Å². The maximum Gasteiger partial charge on any atom is 0.269 e. The standard InChI is InChI=1S/C18H19N3O7S/c22-18(13-28-16-6-4-15(5-7-16)21(23)24)19-14-2-1-3-17(12-14)29(25,26)20-8-10-27-11-9-20/h1-7,12H,8-11,13H2,(H,19,22). The summed E-state index contributed by atoms with van der Waals surface area (Å²) in [5, 5.41) is 13.2. The van der Waals surface area contributed by atoms with Crippen LogP contribution in [-0.4, -0.2) is 56.5 Å². The van der Waals surface area contributed by atoms with Gasteiger partial charge in [-0.1, -0.05) is 6.07 Å². The van der Waals surface area contributed by atoms with Crippen molar-refractivity contribution < 1.29 is 27.6 Å². The SMILES string of the molecule is O=C(COc1ccc([N+](=O)[O-])cc1)Nc1cccc(S(=O)(=O)N2CCOCC2)c1. The molecule has 154 valence electrons. The van der Waals surface area contributed by atoms with Crippen LogP contribution in [0.3, 0.4) is 0 Å². The summed E-state index contributed by atoms with van der Waals surface area (Å²) in [6, 6.07) is 11.3. The fourth-order valence-corrected chi connectivity index (χ4v) is 4.13. The second-order valence-corrected chi connectivity index (χ2v) is 8.07. The van der Waals surface area contributed by atoms with Gasteiger partial charge in [0.05, 0.1) is 23.0 Å². The molecule has 11 heteroatoms. The van der Waals surface area contributed by atoms with E-state index in [1.807, 2.05) is 0 Å². The Balaban J connectivity index is 1.60. The van der Waals surface area contributed by atoms with E-state index in [2.05, 4.69) is 5.32 Å². The lowest BCUT2D eigenvalue weighted by Crippen LogP contribution is -2.40. The number of morpholine rings is 1. The van der Waals surface area contributed by atoms with Crippen molar-refractivity contribution in [3.8, 4) is 5.75 Å². The average molecular weight is 421 g/mol. The first kappa shape index (κ1) is 20.7. The Morgan fingerprint density at radius 1 is 1.17 bits per heavy atom. The molecular weight excluding hydrogens is 402 g/mol. The summed E-state index contributed by atoms with van der Waals surface area (Å²) in [4.78, 5) is 22.3. The molecule has 10 nitrogen and oxygen atoms in total. The average Bonchev–Trinajstić information content (AvgIpc) is 2.73. The number of amides is 1. The van der Waals surface area contributed by atoms with Gasteiger partial charge in [0.1, 0.15) is 5.75 Å². The number of sulfonamides is 1. The highest BCUT2D eigenvalue weighted by molar-refractivity contribution is 7.89. The minimum Gasteiger partial charge on any atom is -0.484 e. The molecule has 2 aromatic rings. The molecule has 0 bridgehead atoms. The Bertz CT molecular complexity index is 987. The number of nitro groups is 1. The monoisotopic (exact) mass is 421 g/mol. The molecular formula is C18H19N3O7S. The number of anilines is 1. The van der Waals surface area contributed by atoms with Crippen molar-refractivity contribution in [2.45, 2.75) is 4.90 Å². The number of nitrogens with one attached hydrogen (secondary N) is 1. The first-order chi connectivity index (χ1) is 13.9. The van der Waals surface area contributed by atoms with Crippen LogP contribution in [0.15, 0.2) is 53.4 Å². The number of nitrogens with zero attached hydrogens (tertiary/aromatic N) is 2. The van der Waals surface area contributed by atoms with Crippen LogP contribution < -0.4 is 10.1 Å². The van der Waals surface area contributed by atoms with Gasteiger partial charge in [-0.25, -0.2) is 8.42 Å². The van der Waals surface area contributed by atoms with Crippen LogP contribution in [-0.2, 0) is 19.6 Å². The van der Waals surface area contributed by atoms with Crippen LogP contribution in [0.25, 0.3) is 0 Å². The molecule has 29 heavy (non-hydrogen) atoms. The molecule has 0 spiro atoms. The van der Waals surface area contributed by atoms with Crippen LogP contribution in [0.2, 0.25) is 0 Å². The molecule has 0 aliphatic carbocycles. The molecule has 1 N–H and O–H groups in total. The number of nitro benzene ring substituents is 1. The number of rotatable bonds is 7. The van der Waals surface area contributed by atoms with Crippen LogP contribution in [0.4, 0.5) is 11.4 Å². The number of hydrogen-bond donors (Lipinski definition) is 1. The number of ether oxygens (including phenoxy) is 2. The van der Waals surface area contributed by atoms with Crippen molar-refractivity contribution in [3.05, 3.63) is 58.6 Å². The number of carbonyl (C=O) groups excluding carboxylic acids is 1. The summed E-state index contributed by atoms with van der Waals surface area (Å²) in [6.07, 6.45) is 0. The van der Waals surface area contributed by atoms with Gasteiger partial charge in [-0.05, 0) is 30.3 Å². The highest BCUT2D eigenvalue weighted by Crippen LogP contribution is 2.21. The van der Waals surface area contributed by atoms with Crippen LogP contribution >= 0.6 is 0 Å². The third-order valence-electron chi connectivity index (χ3n) is 4.14. The topological polar surface area (TPSA) is 128 Å². The third-order valence-corrected chi connectivity index (χ3v) is 6.04. The molecule has 2 aromatic carbocycles. The molecule has 1 saturated heterocycles. The van der Waals surface area contributed by atoms with Crippen LogP contribution in [0.5, 0.6) is 5.75 Å². The number of carbonyl (C=O) groups is 1. The van der Waals surface area contributed by atoms with Crippen LogP contribution in [0.1, 0.15) is 0 Å². The fourth-order valence-electron chi connectivity index (χ4n) is 2.68. The quantitative estimate of drug-likeness (QED) is 0.531. The molecule has 1 aliphatic heterocycles. The molecule has 1 heterocycles. The summed E-state index contributed by atoms with van der Waals surface area (Å²) in [5.74, 6) is -0.196. The Kier molecular flexibility index (Phi) is 6.42. The summed E-state index contributed by atoms with van der Waals surface area (Å²) >= 11 is 0. The predicted molar refractivity (Wildman–Crippen MR) is 103 cm³/mol. The molecule has 0 radical (unpaired) electrons. The Labute approximate surface area is 167 Å². The lowest BCUT2D eigenvalue weighted by atomic mass is 10.3. The van der Waals surface area contributed by atoms with E-state index < -0.39 is 20.9 Å². The van der Waals surface area contributed by atoms with Crippen molar-refractivity contribution in [1.82, 2.24) is 4.31 Å². The van der Waals surface area contributed by atoms with Gasteiger partial charge in [-0.15, -0.1) is 0 Å². The molecule has 1 fully saturated rings. The van der Waals surface area contributed by atoms with E-state index in [1.54, 1.807) is 12.1 Å². The van der Waals surface area contributed by atoms with Gasteiger partial charge in [-0.3, -0.25) is 14.9 Å². The van der Waals surface area contributed by atoms with E-state index in [9.17, 15) is 23.3 Å². The predicted octanol–water partition coefficient (Wildman–Crippen LogP) is 1.63. The first-order valence-electron chi connectivity index (χ1n) is 8.71. The zero-order chi connectivity index (χ0) is 20.9. The normalized spacial score (nSPS) is 14.9. The Morgan fingerprint density at radius 2 is 1.86 bits per heavy atom. The second kappa shape index (κ2) is 8.99. The molecule has 0 atom stereocenters. The zero-order valence-electron chi connectivity index (χ0n) is 15.3. The Hall–Kier alpha value is -3.02. The van der Waals surface area contributed by atoms with E-state index >= 15 is 0 Å². The largest absolute Gasteiger partial charge is 0.484 e. The molecule has 1 aliphatic rings. The molecule has 0 saturated carbocycles. The van der Waals surface area contributed by atoms with E-state index in [1.165, 1.54) is 40.7 Å². The number of benzene rings is 2. The smallest absolute Gasteiger partial charge is 0.269 e. The van der Waals surface area contributed by atoms with Crippen molar-refractivity contribution in [2.24, 2.45) is 0 Å². The van der Waals surface area contributed by atoms with Crippen molar-refractivity contribution in [2.75, 3.05) is 38.2 Å². The zero-order valence-corrected chi connectivity index (χ0v) is 16.1. The van der Waals surface area contributed by atoms with Gasteiger partial charge < -0.3 is 14.8 Å². The lowest BCUT2D eigenvalue weighted by Gasteiger charge is -2.26. The molecule has 3 rings (SSSR count). The molecule has 0 aromatic heterocycles. The fraction of sp³-hybridized carbons (Fsp3) is 0.278. The van der Waals surface area contributed by atoms with Gasteiger partial charge >= 0.3 is 0 Å². The van der Waals surface area contributed by atoms with Gasteiger partial charge in [-0.2, -0.15) is 4.31 Å². The number of hydrogen-bond acceptors (Lipinski definition) is 7. The van der Waals surface area contributed by atoms with Gasteiger partial charge in [0.2, 0.25) is 10.0 Å². The minimum atomic E-state index is -3.67. The second-order valence-electron chi connectivity index (χ2n) is 6.13. The van der Waals surface area contributed by atoms with E-state index in [0.717, 1.165) is 0 Å². The lowest BCUT2D eigenvalue weighted by molar-refractivity contribution is -0.384. The summed E-state index contributed by atoms with van der Waals surface area (Å²) < 4.78 is 37.2. The summed E-state index contributed by atoms with van der Waals surface area (Å²) in [6.45, 7) is 0.910. The number of non-ortho nitro benzene ring substituents is 1. The minimum absolute atomic E-state index is 0.0773. The van der Waals surface area contributed by atoms with Crippen molar-refractivity contribution in [1.29, 1.82) is 0 Å². The maximum atomic E-state index is 12.7. The summed E-state index contributed by atoms with van der Waals surface area (Å²) in [5.41, 5.74) is 0.233. The van der Waals surface area contributed by atoms with Crippen LogP contribution in [0, 0.1) is 10.1 Å². The molecule has 1 amide bonds. The van der Waals surface area contributed by atoms with Gasteiger partial charge in [0.25, 0.3) is 11.6 Å². The third kappa shape index (κ3) is 5.28. The Morgan fingerprint density at radius 3 is 2.52 bits per heavy atom. The molecule has 0 unspecified atom stereocenters. The summed E-state index contributed by atoms with van der Waals surface area (Å²) in [7, 11) is -3.67. The van der Waals surface area contributed by atoms with E-state index in [4.69, 9.17) is 9.47 Å². The first-order valence-corrected chi connectivity index (χ1v) is 10.2. The van der Waals surface area contributed by atoms with E-state index in [-0.39, 0.29) is 30.3 Å². The highest BCUT2D eigenvalue weighted by atomic mass is 32.2. The maximum absolute atomic E-state index is 12.7. The van der Waals surface area contributed by atoms with Crippen molar-refractivity contribution >= 4 is 27.3 Å². The van der Waals surface area contributed by atoms with Gasteiger partial charge in [0, 0.05) is 30.9 Å². The van der Waals surface area contributed by atoms with Crippen molar-refractivity contribution in [3.63, 3.8) is 0 Å².